The van der Waals surface area contributed by atoms with Gasteiger partial charge in [-0.2, -0.15) is 0 Å². The number of hydrogen-bond donors (Lipinski definition) is 0. The molecular formula is C8H6BF3NO-. The van der Waals surface area contributed by atoms with Crippen molar-refractivity contribution >= 4 is 19.3 Å². The van der Waals surface area contributed by atoms with Crippen LogP contribution in [-0.4, -0.2) is 18.2 Å². The average Bonchev–Trinajstić information content (AvgIpc) is 2.14. The van der Waals surface area contributed by atoms with Crippen molar-refractivity contribution < 1.29 is 17.7 Å². The van der Waals surface area contributed by atoms with Crippen molar-refractivity contribution in [2.75, 3.05) is 0 Å². The predicted molar refractivity (Wildman–Crippen MR) is 47.7 cm³/mol. The lowest BCUT2D eigenvalue weighted by Gasteiger charge is -2.06. The number of halogens is 3. The van der Waals surface area contributed by atoms with Crippen LogP contribution in [0.4, 0.5) is 12.9 Å². The van der Waals surface area contributed by atoms with Gasteiger partial charge in [0.25, 0.3) is 0 Å². The maximum Gasteiger partial charge on any atom is 0.502 e. The van der Waals surface area contributed by atoms with Gasteiger partial charge in [-0.1, -0.05) is 12.1 Å². The molecule has 74 valence electrons. The molecule has 14 heavy (non-hydrogen) atoms. The lowest BCUT2D eigenvalue weighted by Crippen LogP contribution is -2.09. The molecule has 0 aliphatic rings. The van der Waals surface area contributed by atoms with E-state index in [1.54, 1.807) is 0 Å². The first-order valence-electron chi connectivity index (χ1n) is 3.82. The van der Waals surface area contributed by atoms with Gasteiger partial charge in [-0.05, 0) is 6.07 Å². The highest BCUT2D eigenvalue weighted by atomic mass is 19.4. The van der Waals surface area contributed by atoms with E-state index in [-0.39, 0.29) is 17.2 Å². The fraction of sp³-hybridized carbons (Fsp3) is 0. The summed E-state index contributed by atoms with van der Waals surface area (Å²) < 4.78 is 35.5. The predicted octanol–water partition coefficient (Wildman–Crippen LogP) is 2.29. The number of carbonyl (C=O) groups is 1. The summed E-state index contributed by atoms with van der Waals surface area (Å²) in [5, 5.41) is 0. The Bertz CT molecular complexity index is 362. The van der Waals surface area contributed by atoms with E-state index in [2.05, 4.69) is 4.98 Å². The van der Waals surface area contributed by atoms with E-state index >= 15 is 0 Å². The maximum absolute atomic E-state index is 11.8. The Morgan fingerprint density at radius 3 is 2.64 bits per heavy atom. The van der Waals surface area contributed by atoms with Crippen molar-refractivity contribution in [3.63, 3.8) is 0 Å². The summed E-state index contributed by atoms with van der Waals surface area (Å²) in [6.07, 6.45) is 2.61. The lowest BCUT2D eigenvalue weighted by atomic mass is 9.90. The molecule has 0 aliphatic heterocycles. The molecule has 0 atom stereocenters. The topological polar surface area (TPSA) is 30.0 Å². The molecule has 0 radical (unpaired) electrons. The molecule has 0 spiro atoms. The van der Waals surface area contributed by atoms with Crippen molar-refractivity contribution in [1.82, 2.24) is 4.98 Å². The summed E-state index contributed by atoms with van der Waals surface area (Å²) in [6.45, 7) is -4.97. The van der Waals surface area contributed by atoms with Crippen LogP contribution in [0.3, 0.4) is 0 Å². The molecule has 1 aromatic heterocycles. The Labute approximate surface area is 78.5 Å². The third-order valence-corrected chi connectivity index (χ3v) is 1.48. The van der Waals surface area contributed by atoms with E-state index in [9.17, 15) is 17.7 Å². The van der Waals surface area contributed by atoms with E-state index in [4.69, 9.17) is 0 Å². The zero-order chi connectivity index (χ0) is 10.6. The van der Waals surface area contributed by atoms with Crippen LogP contribution in [0.25, 0.3) is 6.08 Å². The van der Waals surface area contributed by atoms with Crippen molar-refractivity contribution in [2.24, 2.45) is 0 Å². The van der Waals surface area contributed by atoms with Gasteiger partial charge in [0, 0.05) is 11.8 Å². The Morgan fingerprint density at radius 2 is 2.07 bits per heavy atom. The Hall–Kier alpha value is -1.59. The molecule has 0 aromatic carbocycles. The van der Waals surface area contributed by atoms with E-state index in [0.29, 0.717) is 6.29 Å². The molecule has 6 heteroatoms. The molecule has 0 saturated heterocycles. The molecule has 0 unspecified atom stereocenters. The van der Waals surface area contributed by atoms with Crippen LogP contribution in [0.15, 0.2) is 24.3 Å². The van der Waals surface area contributed by atoms with E-state index < -0.39 is 6.98 Å². The molecule has 1 rings (SSSR count). The van der Waals surface area contributed by atoms with Crippen LogP contribution in [-0.2, 0) is 0 Å². The number of pyridine rings is 1. The molecule has 0 bridgehead atoms. The van der Waals surface area contributed by atoms with Gasteiger partial charge in [-0.3, -0.25) is 9.78 Å². The Morgan fingerprint density at radius 1 is 1.36 bits per heavy atom. The zero-order valence-corrected chi connectivity index (χ0v) is 7.03. The van der Waals surface area contributed by atoms with Crippen molar-refractivity contribution in [1.29, 1.82) is 0 Å². The molecule has 0 aliphatic carbocycles. The van der Waals surface area contributed by atoms with Crippen molar-refractivity contribution in [2.45, 2.75) is 0 Å². The first-order valence-corrected chi connectivity index (χ1v) is 3.82. The van der Waals surface area contributed by atoms with Crippen molar-refractivity contribution in [3.05, 3.63) is 35.6 Å². The van der Waals surface area contributed by atoms with Crippen LogP contribution in [0.5, 0.6) is 0 Å². The number of aromatic nitrogens is 1. The fourth-order valence-electron chi connectivity index (χ4n) is 0.882. The molecular weight excluding hydrogens is 194 g/mol. The number of rotatable bonds is 3. The standard InChI is InChI=1S/C8H6BF3NO/c10-9(11,12)4-3-7-2-1-5-13-8(7)6-14/h1-6H/q-1/b4-3+. The first-order chi connectivity index (χ1) is 6.53. The monoisotopic (exact) mass is 200 g/mol. The van der Waals surface area contributed by atoms with Gasteiger partial charge in [0.15, 0.2) is 6.29 Å². The summed E-state index contributed by atoms with van der Waals surface area (Å²) in [5.41, 5.74) is 0.172. The average molecular weight is 200 g/mol. The first kappa shape index (κ1) is 10.5. The molecule has 0 fully saturated rings. The second-order valence-electron chi connectivity index (χ2n) is 2.58. The number of carbonyl (C=O) groups excluding carboxylic acids is 1. The van der Waals surface area contributed by atoms with Gasteiger partial charge in [-0.25, -0.2) is 0 Å². The van der Waals surface area contributed by atoms with Crippen LogP contribution in [0, 0.1) is 0 Å². The molecule has 0 N–H and O–H groups in total. The van der Waals surface area contributed by atoms with Crippen LogP contribution < -0.4 is 0 Å². The molecule has 0 amide bonds. The summed E-state index contributed by atoms with van der Waals surface area (Å²) in [5.74, 6) is 0.129. The summed E-state index contributed by atoms with van der Waals surface area (Å²) in [6, 6.07) is 2.87. The van der Waals surface area contributed by atoms with Crippen LogP contribution in [0.1, 0.15) is 16.1 Å². The van der Waals surface area contributed by atoms with Gasteiger partial charge in [0.2, 0.25) is 0 Å². The summed E-state index contributed by atoms with van der Waals surface area (Å²) in [7, 11) is 0. The van der Waals surface area contributed by atoms with Crippen LogP contribution >= 0.6 is 0 Å². The Kier molecular flexibility index (Phi) is 3.06. The maximum atomic E-state index is 11.8. The third-order valence-electron chi connectivity index (χ3n) is 1.48. The molecule has 1 heterocycles. The highest BCUT2D eigenvalue weighted by molar-refractivity contribution is 6.64. The minimum Gasteiger partial charge on any atom is -0.445 e. The van der Waals surface area contributed by atoms with E-state index in [1.165, 1.54) is 18.3 Å². The molecule has 1 aromatic rings. The summed E-state index contributed by atoms with van der Waals surface area (Å²) in [4.78, 5) is 14.0. The largest absolute Gasteiger partial charge is 0.502 e. The fourth-order valence-corrected chi connectivity index (χ4v) is 0.882. The van der Waals surface area contributed by atoms with Gasteiger partial charge in [0.1, 0.15) is 5.69 Å². The zero-order valence-electron chi connectivity index (χ0n) is 7.03. The second kappa shape index (κ2) is 4.08. The highest BCUT2D eigenvalue weighted by Gasteiger charge is 2.17. The number of nitrogens with zero attached hydrogens (tertiary/aromatic N) is 1. The quantitative estimate of drug-likeness (QED) is 0.553. The van der Waals surface area contributed by atoms with Gasteiger partial charge < -0.3 is 12.9 Å². The van der Waals surface area contributed by atoms with E-state index in [1.807, 2.05) is 0 Å². The van der Waals surface area contributed by atoms with E-state index in [0.717, 1.165) is 6.08 Å². The van der Waals surface area contributed by atoms with Gasteiger partial charge >= 0.3 is 6.98 Å². The molecule has 2 nitrogen and oxygen atoms in total. The molecule has 0 saturated carbocycles. The highest BCUT2D eigenvalue weighted by Crippen LogP contribution is 2.13. The van der Waals surface area contributed by atoms with Gasteiger partial charge in [-0.15, -0.1) is 5.98 Å². The smallest absolute Gasteiger partial charge is 0.445 e. The third kappa shape index (κ3) is 3.04. The Balaban J connectivity index is 2.97. The minimum absolute atomic E-state index is 0.00352. The normalized spacial score (nSPS) is 11.9. The summed E-state index contributed by atoms with van der Waals surface area (Å²) >= 11 is 0. The van der Waals surface area contributed by atoms with Gasteiger partial charge in [0.05, 0.1) is 0 Å². The SMILES string of the molecule is O=Cc1ncccc1/C=C/[B-](F)(F)F. The lowest BCUT2D eigenvalue weighted by molar-refractivity contribution is 0.111. The second-order valence-corrected chi connectivity index (χ2v) is 2.58. The van der Waals surface area contributed by atoms with Crippen LogP contribution in [0.2, 0.25) is 0 Å². The minimum atomic E-state index is -4.97. The number of aldehydes is 1. The van der Waals surface area contributed by atoms with Crippen molar-refractivity contribution in [3.8, 4) is 0 Å². The number of hydrogen-bond acceptors (Lipinski definition) is 2.